The third-order valence-corrected chi connectivity index (χ3v) is 5.42. The van der Waals surface area contributed by atoms with Crippen molar-refractivity contribution in [3.05, 3.63) is 18.5 Å². The van der Waals surface area contributed by atoms with E-state index in [1.54, 1.807) is 24.2 Å². The second kappa shape index (κ2) is 7.31. The number of aromatic nitrogens is 2. The molecule has 0 spiro atoms. The number of thioether (sulfide) groups is 1. The van der Waals surface area contributed by atoms with Gasteiger partial charge in [-0.3, -0.25) is 4.79 Å². The van der Waals surface area contributed by atoms with Gasteiger partial charge in [0.2, 0.25) is 11.9 Å². The van der Waals surface area contributed by atoms with Gasteiger partial charge in [-0.25, -0.2) is 9.97 Å². The molecule has 3 heterocycles. The molecule has 5 nitrogen and oxygen atoms in total. The van der Waals surface area contributed by atoms with Crippen molar-refractivity contribution >= 4 is 23.6 Å². The summed E-state index contributed by atoms with van der Waals surface area (Å²) in [7, 11) is 0. The van der Waals surface area contributed by atoms with Gasteiger partial charge < -0.3 is 9.80 Å². The van der Waals surface area contributed by atoms with Crippen molar-refractivity contribution in [1.29, 1.82) is 0 Å². The predicted molar refractivity (Wildman–Crippen MR) is 90.0 cm³/mol. The summed E-state index contributed by atoms with van der Waals surface area (Å²) in [4.78, 5) is 25.0. The molecule has 6 heteroatoms. The molecule has 1 amide bonds. The maximum absolute atomic E-state index is 12.0. The zero-order valence-corrected chi connectivity index (χ0v) is 14.0. The van der Waals surface area contributed by atoms with Crippen molar-refractivity contribution in [1.82, 2.24) is 14.9 Å². The predicted octanol–water partition coefficient (Wildman–Crippen LogP) is 1.90. The Hall–Kier alpha value is -1.30. The first-order valence-corrected chi connectivity index (χ1v) is 9.46. The minimum absolute atomic E-state index is 0.310. The van der Waals surface area contributed by atoms with Crippen LogP contribution in [0.3, 0.4) is 0 Å². The van der Waals surface area contributed by atoms with Crippen LogP contribution in [-0.2, 0) is 4.79 Å². The van der Waals surface area contributed by atoms with E-state index in [4.69, 9.17) is 0 Å². The quantitative estimate of drug-likeness (QED) is 0.848. The number of hydrogen-bond donors (Lipinski definition) is 0. The summed E-state index contributed by atoms with van der Waals surface area (Å²) >= 11 is 1.62. The molecule has 0 N–H and O–H groups in total. The summed E-state index contributed by atoms with van der Waals surface area (Å²) in [5.74, 6) is 3.21. The second-order valence-corrected chi connectivity index (χ2v) is 7.06. The van der Waals surface area contributed by atoms with Crippen molar-refractivity contribution in [3.63, 3.8) is 0 Å². The third-order valence-electron chi connectivity index (χ3n) is 4.89. The average Bonchev–Trinajstić information content (AvgIpc) is 3.06. The van der Waals surface area contributed by atoms with Crippen molar-refractivity contribution in [2.45, 2.75) is 19.3 Å². The molecule has 1 atom stereocenters. The minimum Gasteiger partial charge on any atom is -0.342 e. The first kappa shape index (κ1) is 15.6. The van der Waals surface area contributed by atoms with Gasteiger partial charge in [-0.2, -0.15) is 11.8 Å². The van der Waals surface area contributed by atoms with Crippen LogP contribution in [0.2, 0.25) is 0 Å². The number of anilines is 1. The van der Waals surface area contributed by atoms with Crippen LogP contribution in [0.5, 0.6) is 0 Å². The number of nitrogens with zero attached hydrogens (tertiary/aromatic N) is 4. The summed E-state index contributed by atoms with van der Waals surface area (Å²) in [6.45, 7) is 3.98. The Morgan fingerprint density at radius 3 is 2.55 bits per heavy atom. The molecule has 120 valence electrons. The molecule has 0 saturated carbocycles. The molecular weight excluding hydrogens is 296 g/mol. The SMILES string of the molecule is CSCC(=O)N1CCC(C2CCN(c3ncccn3)CC2)C1. The van der Waals surface area contributed by atoms with Crippen LogP contribution in [0.25, 0.3) is 0 Å². The molecule has 2 aliphatic heterocycles. The van der Waals surface area contributed by atoms with E-state index in [1.807, 2.05) is 12.3 Å². The zero-order chi connectivity index (χ0) is 15.4. The van der Waals surface area contributed by atoms with Crippen LogP contribution in [0.15, 0.2) is 18.5 Å². The lowest BCUT2D eigenvalue weighted by atomic mass is 9.84. The number of likely N-dealkylation sites (tertiary alicyclic amines) is 1. The molecule has 0 aromatic carbocycles. The van der Waals surface area contributed by atoms with E-state index < -0.39 is 0 Å². The molecule has 1 unspecified atom stereocenters. The smallest absolute Gasteiger partial charge is 0.232 e. The molecule has 2 saturated heterocycles. The topological polar surface area (TPSA) is 49.3 Å². The third kappa shape index (κ3) is 3.54. The van der Waals surface area contributed by atoms with Crippen LogP contribution >= 0.6 is 11.8 Å². The molecule has 3 rings (SSSR count). The fourth-order valence-electron chi connectivity index (χ4n) is 3.64. The average molecular weight is 320 g/mol. The molecule has 2 aliphatic rings. The second-order valence-electron chi connectivity index (χ2n) is 6.19. The Kier molecular flexibility index (Phi) is 5.18. The molecule has 0 radical (unpaired) electrons. The first-order valence-electron chi connectivity index (χ1n) is 8.06. The Labute approximate surface area is 136 Å². The number of carbonyl (C=O) groups excluding carboxylic acids is 1. The molecule has 1 aromatic rings. The van der Waals surface area contributed by atoms with Gasteiger partial charge in [-0.1, -0.05) is 0 Å². The largest absolute Gasteiger partial charge is 0.342 e. The Bertz CT molecular complexity index is 490. The van der Waals surface area contributed by atoms with E-state index in [2.05, 4.69) is 19.8 Å². The Morgan fingerprint density at radius 2 is 1.86 bits per heavy atom. The summed E-state index contributed by atoms with van der Waals surface area (Å²) in [5, 5.41) is 0. The highest BCUT2D eigenvalue weighted by Gasteiger charge is 2.33. The van der Waals surface area contributed by atoms with E-state index in [-0.39, 0.29) is 0 Å². The van der Waals surface area contributed by atoms with Crippen LogP contribution in [0, 0.1) is 11.8 Å². The highest BCUT2D eigenvalue weighted by Crippen LogP contribution is 2.32. The maximum atomic E-state index is 12.0. The Balaban J connectivity index is 1.49. The van der Waals surface area contributed by atoms with Gasteiger partial charge in [0.05, 0.1) is 5.75 Å². The monoisotopic (exact) mass is 320 g/mol. The minimum atomic E-state index is 0.310. The standard InChI is InChI=1S/C16H24N4OS/c1-22-12-15(21)20-10-5-14(11-20)13-3-8-19(9-4-13)16-17-6-2-7-18-16/h2,6-7,13-14H,3-5,8-12H2,1H3. The summed E-state index contributed by atoms with van der Waals surface area (Å²) in [6.07, 6.45) is 9.15. The van der Waals surface area contributed by atoms with Gasteiger partial charge in [-0.05, 0) is 43.4 Å². The summed E-state index contributed by atoms with van der Waals surface area (Å²) < 4.78 is 0. The molecule has 1 aromatic heterocycles. The lowest BCUT2D eigenvalue weighted by molar-refractivity contribution is -0.127. The van der Waals surface area contributed by atoms with E-state index >= 15 is 0 Å². The summed E-state index contributed by atoms with van der Waals surface area (Å²) in [5.41, 5.74) is 0. The Morgan fingerprint density at radius 1 is 1.18 bits per heavy atom. The number of rotatable bonds is 4. The van der Waals surface area contributed by atoms with Crippen LogP contribution < -0.4 is 4.90 Å². The van der Waals surface area contributed by atoms with Gasteiger partial charge in [0.25, 0.3) is 0 Å². The molecule has 2 fully saturated rings. The fourth-order valence-corrected chi connectivity index (χ4v) is 4.07. The fraction of sp³-hybridized carbons (Fsp3) is 0.688. The molecule has 22 heavy (non-hydrogen) atoms. The van der Waals surface area contributed by atoms with E-state index in [0.717, 1.165) is 38.0 Å². The summed E-state index contributed by atoms with van der Waals surface area (Å²) in [6, 6.07) is 1.86. The van der Waals surface area contributed by atoms with Gasteiger partial charge in [0, 0.05) is 38.6 Å². The van der Waals surface area contributed by atoms with Crippen molar-refractivity contribution < 1.29 is 4.79 Å². The molecular formula is C16H24N4OS. The number of piperidine rings is 1. The van der Waals surface area contributed by atoms with E-state index in [9.17, 15) is 4.79 Å². The first-order chi connectivity index (χ1) is 10.8. The van der Waals surface area contributed by atoms with Crippen LogP contribution in [0.1, 0.15) is 19.3 Å². The van der Waals surface area contributed by atoms with Crippen molar-refractivity contribution in [3.8, 4) is 0 Å². The van der Waals surface area contributed by atoms with E-state index in [1.165, 1.54) is 19.3 Å². The number of carbonyl (C=O) groups is 1. The maximum Gasteiger partial charge on any atom is 0.232 e. The normalized spacial score (nSPS) is 23.0. The molecule has 0 bridgehead atoms. The van der Waals surface area contributed by atoms with Gasteiger partial charge in [0.15, 0.2) is 0 Å². The van der Waals surface area contributed by atoms with Crippen LogP contribution in [0.4, 0.5) is 5.95 Å². The number of amides is 1. The van der Waals surface area contributed by atoms with E-state index in [0.29, 0.717) is 17.6 Å². The van der Waals surface area contributed by atoms with Gasteiger partial charge in [0.1, 0.15) is 0 Å². The van der Waals surface area contributed by atoms with Crippen molar-refractivity contribution in [2.24, 2.45) is 11.8 Å². The van der Waals surface area contributed by atoms with Gasteiger partial charge >= 0.3 is 0 Å². The lowest BCUT2D eigenvalue weighted by Crippen LogP contribution is -2.38. The van der Waals surface area contributed by atoms with Crippen LogP contribution in [-0.4, -0.2) is 59.0 Å². The van der Waals surface area contributed by atoms with Gasteiger partial charge in [-0.15, -0.1) is 0 Å². The highest BCUT2D eigenvalue weighted by atomic mass is 32.2. The number of hydrogen-bond acceptors (Lipinski definition) is 5. The highest BCUT2D eigenvalue weighted by molar-refractivity contribution is 7.99. The lowest BCUT2D eigenvalue weighted by Gasteiger charge is -2.34. The zero-order valence-electron chi connectivity index (χ0n) is 13.1. The van der Waals surface area contributed by atoms with Crippen molar-refractivity contribution in [2.75, 3.05) is 43.1 Å². The molecule has 0 aliphatic carbocycles.